The third-order valence-corrected chi connectivity index (χ3v) is 3.36. The Kier molecular flexibility index (Phi) is 4.49. The molecular formula is C13H16BrN3O. The zero-order valence-corrected chi connectivity index (χ0v) is 12.1. The molecule has 5 heteroatoms. The first-order valence-electron chi connectivity index (χ1n) is 5.90. The van der Waals surface area contributed by atoms with E-state index in [1.807, 2.05) is 0 Å². The molecule has 2 aromatic rings. The van der Waals surface area contributed by atoms with Crippen LogP contribution in [0.15, 0.2) is 27.2 Å². The lowest BCUT2D eigenvalue weighted by Crippen LogP contribution is -2.17. The number of hydrogen-bond acceptors (Lipinski definition) is 4. The molecule has 0 aliphatic heterocycles. The van der Waals surface area contributed by atoms with Gasteiger partial charge in [0, 0.05) is 30.9 Å². The minimum atomic E-state index is 0.617. The van der Waals surface area contributed by atoms with Crippen molar-refractivity contribution in [3.63, 3.8) is 0 Å². The van der Waals surface area contributed by atoms with E-state index in [0.29, 0.717) is 5.89 Å². The fourth-order valence-corrected chi connectivity index (χ4v) is 2.30. The van der Waals surface area contributed by atoms with Crippen LogP contribution in [0.3, 0.4) is 0 Å². The van der Waals surface area contributed by atoms with Gasteiger partial charge in [0.2, 0.25) is 5.89 Å². The fraction of sp³-hybridized carbons (Fsp3) is 0.385. The van der Waals surface area contributed by atoms with Gasteiger partial charge in [0.25, 0.3) is 0 Å². The number of nitrogens with zero attached hydrogens (tertiary/aromatic N) is 2. The lowest BCUT2D eigenvalue weighted by molar-refractivity contribution is 0.387. The van der Waals surface area contributed by atoms with Gasteiger partial charge in [0.05, 0.1) is 0 Å². The van der Waals surface area contributed by atoms with Gasteiger partial charge in [-0.05, 0) is 24.1 Å². The Morgan fingerprint density at radius 3 is 2.83 bits per heavy atom. The van der Waals surface area contributed by atoms with Gasteiger partial charge < -0.3 is 9.84 Å². The maximum Gasteiger partial charge on any atom is 0.223 e. The SMILES string of the molecule is Cc1ccc(CNCCc2noc(C)n2)c(Br)c1. The quantitative estimate of drug-likeness (QED) is 0.863. The van der Waals surface area contributed by atoms with E-state index in [2.05, 4.69) is 56.5 Å². The molecule has 1 aromatic carbocycles. The monoisotopic (exact) mass is 309 g/mol. The summed E-state index contributed by atoms with van der Waals surface area (Å²) in [7, 11) is 0. The predicted molar refractivity (Wildman–Crippen MR) is 73.3 cm³/mol. The Balaban J connectivity index is 1.78. The van der Waals surface area contributed by atoms with Crippen LogP contribution >= 0.6 is 15.9 Å². The highest BCUT2D eigenvalue weighted by Gasteiger charge is 2.02. The number of aromatic nitrogens is 2. The van der Waals surface area contributed by atoms with Crippen molar-refractivity contribution >= 4 is 15.9 Å². The summed E-state index contributed by atoms with van der Waals surface area (Å²) in [6.07, 6.45) is 0.779. The molecule has 0 fully saturated rings. The number of rotatable bonds is 5. The number of halogens is 1. The molecule has 0 atom stereocenters. The average molecular weight is 310 g/mol. The fourth-order valence-electron chi connectivity index (χ4n) is 1.66. The van der Waals surface area contributed by atoms with Crippen molar-refractivity contribution in [3.8, 4) is 0 Å². The number of benzene rings is 1. The first kappa shape index (κ1) is 13.2. The molecule has 0 spiro atoms. The molecule has 4 nitrogen and oxygen atoms in total. The zero-order valence-electron chi connectivity index (χ0n) is 10.5. The second kappa shape index (κ2) is 6.11. The summed E-state index contributed by atoms with van der Waals surface area (Å²) in [6.45, 7) is 5.55. The highest BCUT2D eigenvalue weighted by atomic mass is 79.9. The van der Waals surface area contributed by atoms with E-state index >= 15 is 0 Å². The summed E-state index contributed by atoms with van der Waals surface area (Å²) in [5, 5.41) is 7.22. The molecule has 1 aromatic heterocycles. The first-order valence-corrected chi connectivity index (χ1v) is 6.69. The smallest absolute Gasteiger partial charge is 0.223 e. The summed E-state index contributed by atoms with van der Waals surface area (Å²) in [4.78, 5) is 4.16. The highest BCUT2D eigenvalue weighted by Crippen LogP contribution is 2.17. The minimum Gasteiger partial charge on any atom is -0.340 e. The van der Waals surface area contributed by atoms with Crippen LogP contribution in [0.25, 0.3) is 0 Å². The van der Waals surface area contributed by atoms with Crippen LogP contribution < -0.4 is 5.32 Å². The van der Waals surface area contributed by atoms with E-state index in [1.54, 1.807) is 6.92 Å². The van der Waals surface area contributed by atoms with E-state index in [9.17, 15) is 0 Å². The number of hydrogen-bond donors (Lipinski definition) is 1. The van der Waals surface area contributed by atoms with Gasteiger partial charge in [-0.3, -0.25) is 0 Å². The normalized spacial score (nSPS) is 10.8. The molecule has 2 rings (SSSR count). The predicted octanol–water partition coefficient (Wildman–Crippen LogP) is 2.78. The largest absolute Gasteiger partial charge is 0.340 e. The Morgan fingerprint density at radius 2 is 2.17 bits per heavy atom. The standard InChI is InChI=1S/C13H16BrN3O/c1-9-3-4-11(12(14)7-9)8-15-6-5-13-16-10(2)18-17-13/h3-4,7,15H,5-6,8H2,1-2H3. The Morgan fingerprint density at radius 1 is 1.33 bits per heavy atom. The second-order valence-corrected chi connectivity index (χ2v) is 5.11. The highest BCUT2D eigenvalue weighted by molar-refractivity contribution is 9.10. The van der Waals surface area contributed by atoms with Gasteiger partial charge in [0.15, 0.2) is 5.82 Å². The van der Waals surface area contributed by atoms with Gasteiger partial charge in [-0.25, -0.2) is 0 Å². The van der Waals surface area contributed by atoms with Crippen LogP contribution in [0.5, 0.6) is 0 Å². The number of aryl methyl sites for hydroxylation is 2. The van der Waals surface area contributed by atoms with Gasteiger partial charge in [-0.2, -0.15) is 4.98 Å². The van der Waals surface area contributed by atoms with E-state index < -0.39 is 0 Å². The van der Waals surface area contributed by atoms with Gasteiger partial charge in [-0.15, -0.1) is 0 Å². The van der Waals surface area contributed by atoms with Crippen LogP contribution in [0.4, 0.5) is 0 Å². The van der Waals surface area contributed by atoms with Crippen LogP contribution in [-0.2, 0) is 13.0 Å². The van der Waals surface area contributed by atoms with Gasteiger partial charge in [-0.1, -0.05) is 33.2 Å². The molecular weight excluding hydrogens is 294 g/mol. The minimum absolute atomic E-state index is 0.617. The van der Waals surface area contributed by atoms with Crippen molar-refractivity contribution in [2.75, 3.05) is 6.54 Å². The second-order valence-electron chi connectivity index (χ2n) is 4.25. The topological polar surface area (TPSA) is 51.0 Å². The van der Waals surface area contributed by atoms with Crippen molar-refractivity contribution in [2.45, 2.75) is 26.8 Å². The molecule has 96 valence electrons. The van der Waals surface area contributed by atoms with Crippen molar-refractivity contribution in [1.29, 1.82) is 0 Å². The van der Waals surface area contributed by atoms with Crippen molar-refractivity contribution in [1.82, 2.24) is 15.5 Å². The summed E-state index contributed by atoms with van der Waals surface area (Å²) in [5.74, 6) is 1.37. The molecule has 18 heavy (non-hydrogen) atoms. The molecule has 0 aliphatic carbocycles. The zero-order chi connectivity index (χ0) is 13.0. The number of nitrogens with one attached hydrogen (secondary N) is 1. The van der Waals surface area contributed by atoms with Crippen LogP contribution in [0, 0.1) is 13.8 Å². The van der Waals surface area contributed by atoms with Gasteiger partial charge in [0.1, 0.15) is 0 Å². The molecule has 0 bridgehead atoms. The summed E-state index contributed by atoms with van der Waals surface area (Å²) >= 11 is 3.57. The molecule has 0 saturated heterocycles. The average Bonchev–Trinajstić information content (AvgIpc) is 2.73. The van der Waals surface area contributed by atoms with Crippen molar-refractivity contribution < 1.29 is 4.52 Å². The van der Waals surface area contributed by atoms with E-state index in [4.69, 9.17) is 4.52 Å². The van der Waals surface area contributed by atoms with Crippen LogP contribution in [0.2, 0.25) is 0 Å². The lowest BCUT2D eigenvalue weighted by atomic mass is 10.1. The Bertz CT molecular complexity index is 525. The summed E-state index contributed by atoms with van der Waals surface area (Å²) in [5.41, 5.74) is 2.51. The summed E-state index contributed by atoms with van der Waals surface area (Å²) in [6, 6.07) is 6.37. The summed E-state index contributed by atoms with van der Waals surface area (Å²) < 4.78 is 6.06. The lowest BCUT2D eigenvalue weighted by Gasteiger charge is -2.06. The maximum atomic E-state index is 4.92. The Hall–Kier alpha value is -1.20. The maximum absolute atomic E-state index is 4.92. The van der Waals surface area contributed by atoms with Crippen molar-refractivity contribution in [3.05, 3.63) is 45.5 Å². The molecule has 1 N–H and O–H groups in total. The molecule has 0 amide bonds. The van der Waals surface area contributed by atoms with E-state index in [0.717, 1.165) is 29.8 Å². The van der Waals surface area contributed by atoms with Gasteiger partial charge >= 0.3 is 0 Å². The molecule has 0 saturated carbocycles. The molecule has 0 aliphatic rings. The third kappa shape index (κ3) is 3.65. The van der Waals surface area contributed by atoms with E-state index in [1.165, 1.54) is 11.1 Å². The molecule has 0 radical (unpaired) electrons. The Labute approximate surface area is 115 Å². The first-order chi connectivity index (χ1) is 8.65. The van der Waals surface area contributed by atoms with E-state index in [-0.39, 0.29) is 0 Å². The third-order valence-electron chi connectivity index (χ3n) is 2.62. The van der Waals surface area contributed by atoms with Crippen LogP contribution in [-0.4, -0.2) is 16.7 Å². The van der Waals surface area contributed by atoms with Crippen LogP contribution in [0.1, 0.15) is 22.8 Å². The molecule has 1 heterocycles. The van der Waals surface area contributed by atoms with Crippen molar-refractivity contribution in [2.24, 2.45) is 0 Å². The molecule has 0 unspecified atom stereocenters.